The number of nitrogen functional groups attached to an aromatic ring is 1. The van der Waals surface area contributed by atoms with E-state index in [9.17, 15) is 8.60 Å². The third-order valence-electron chi connectivity index (χ3n) is 2.65. The maximum absolute atomic E-state index is 13.6. The third-order valence-corrected chi connectivity index (χ3v) is 4.02. The van der Waals surface area contributed by atoms with Crippen LogP contribution in [0.15, 0.2) is 47.4 Å². The molecule has 0 amide bonds. The van der Waals surface area contributed by atoms with E-state index in [0.29, 0.717) is 16.1 Å². The van der Waals surface area contributed by atoms with Crippen LogP contribution in [0.25, 0.3) is 0 Å². The minimum atomic E-state index is -1.24. The van der Waals surface area contributed by atoms with Crippen molar-refractivity contribution in [3.63, 3.8) is 0 Å². The molecule has 2 nitrogen and oxygen atoms in total. The number of hydrogen-bond donors (Lipinski definition) is 1. The van der Waals surface area contributed by atoms with Crippen LogP contribution in [0, 0.1) is 12.7 Å². The molecule has 0 heterocycles. The van der Waals surface area contributed by atoms with Gasteiger partial charge in [0, 0.05) is 16.1 Å². The molecule has 0 bridgehead atoms. The SMILES string of the molecule is Cc1ccc(S(=O)Cc2ccc(N)cc2F)cc1. The molecule has 1 atom stereocenters. The van der Waals surface area contributed by atoms with Crippen LogP contribution in [-0.2, 0) is 16.6 Å². The van der Waals surface area contributed by atoms with Crippen LogP contribution in [0.4, 0.5) is 10.1 Å². The molecule has 2 aromatic rings. The number of aryl methyl sites for hydroxylation is 1. The fourth-order valence-corrected chi connectivity index (χ4v) is 2.72. The summed E-state index contributed by atoms with van der Waals surface area (Å²) in [5.41, 5.74) is 7.37. The highest BCUT2D eigenvalue weighted by atomic mass is 32.2. The fourth-order valence-electron chi connectivity index (χ4n) is 1.60. The molecule has 0 aliphatic rings. The smallest absolute Gasteiger partial charge is 0.129 e. The summed E-state index contributed by atoms with van der Waals surface area (Å²) in [6, 6.07) is 11.9. The topological polar surface area (TPSA) is 43.1 Å². The van der Waals surface area contributed by atoms with Gasteiger partial charge in [-0.2, -0.15) is 0 Å². The molecule has 4 heteroatoms. The van der Waals surface area contributed by atoms with E-state index in [1.54, 1.807) is 24.3 Å². The number of anilines is 1. The Bertz CT molecular complexity index is 581. The third kappa shape index (κ3) is 2.96. The van der Waals surface area contributed by atoms with Crippen LogP contribution >= 0.6 is 0 Å². The Hall–Kier alpha value is -1.68. The second-order valence-corrected chi connectivity index (χ2v) is 5.60. The standard InChI is InChI=1S/C14H14FNOS/c1-10-2-6-13(7-3-10)18(17)9-11-4-5-12(16)8-14(11)15/h2-8H,9,16H2,1H3. The Labute approximate surface area is 108 Å². The molecule has 0 saturated heterocycles. The summed E-state index contributed by atoms with van der Waals surface area (Å²) in [5.74, 6) is -0.245. The maximum Gasteiger partial charge on any atom is 0.129 e. The molecule has 2 rings (SSSR count). The lowest BCUT2D eigenvalue weighted by Crippen LogP contribution is -2.00. The van der Waals surface area contributed by atoms with E-state index < -0.39 is 16.6 Å². The van der Waals surface area contributed by atoms with Crippen molar-refractivity contribution in [1.29, 1.82) is 0 Å². The minimum absolute atomic E-state index is 0.162. The van der Waals surface area contributed by atoms with Crippen molar-refractivity contribution in [1.82, 2.24) is 0 Å². The van der Waals surface area contributed by atoms with Crippen molar-refractivity contribution in [2.75, 3.05) is 5.73 Å². The van der Waals surface area contributed by atoms with E-state index in [0.717, 1.165) is 5.56 Å². The predicted molar refractivity (Wildman–Crippen MR) is 72.1 cm³/mol. The van der Waals surface area contributed by atoms with E-state index in [-0.39, 0.29) is 5.75 Å². The van der Waals surface area contributed by atoms with E-state index in [1.165, 1.54) is 6.07 Å². The highest BCUT2D eigenvalue weighted by molar-refractivity contribution is 7.84. The fraction of sp³-hybridized carbons (Fsp3) is 0.143. The van der Waals surface area contributed by atoms with Crippen LogP contribution in [0.5, 0.6) is 0 Å². The Morgan fingerprint density at radius 1 is 1.17 bits per heavy atom. The van der Waals surface area contributed by atoms with Gasteiger partial charge in [0.1, 0.15) is 5.82 Å². The van der Waals surface area contributed by atoms with Gasteiger partial charge in [-0.1, -0.05) is 23.8 Å². The van der Waals surface area contributed by atoms with Crippen molar-refractivity contribution in [2.45, 2.75) is 17.6 Å². The number of rotatable bonds is 3. The molecule has 0 spiro atoms. The van der Waals surface area contributed by atoms with Gasteiger partial charge in [-0.3, -0.25) is 4.21 Å². The Morgan fingerprint density at radius 2 is 1.83 bits per heavy atom. The van der Waals surface area contributed by atoms with Crippen LogP contribution in [0.2, 0.25) is 0 Å². The van der Waals surface area contributed by atoms with Crippen LogP contribution < -0.4 is 5.73 Å². The summed E-state index contributed by atoms with van der Waals surface area (Å²) in [7, 11) is -1.24. The predicted octanol–water partition coefficient (Wildman–Crippen LogP) is 3.02. The molecule has 0 radical (unpaired) electrons. The lowest BCUT2D eigenvalue weighted by molar-refractivity contribution is 0.616. The molecule has 2 N–H and O–H groups in total. The van der Waals surface area contributed by atoms with Gasteiger partial charge >= 0.3 is 0 Å². The van der Waals surface area contributed by atoms with Crippen molar-refractivity contribution in [3.8, 4) is 0 Å². The summed E-state index contributed by atoms with van der Waals surface area (Å²) < 4.78 is 25.7. The number of hydrogen-bond acceptors (Lipinski definition) is 2. The molecule has 0 aliphatic heterocycles. The molecule has 0 fully saturated rings. The van der Waals surface area contributed by atoms with E-state index in [2.05, 4.69) is 0 Å². The molecule has 18 heavy (non-hydrogen) atoms. The lowest BCUT2D eigenvalue weighted by Gasteiger charge is -2.05. The van der Waals surface area contributed by atoms with Gasteiger partial charge in [0.05, 0.1) is 16.6 Å². The van der Waals surface area contributed by atoms with E-state index >= 15 is 0 Å². The van der Waals surface area contributed by atoms with Gasteiger partial charge < -0.3 is 5.73 Å². The Balaban J connectivity index is 2.18. The average molecular weight is 263 g/mol. The molecule has 0 saturated carbocycles. The first-order chi connectivity index (χ1) is 8.56. The van der Waals surface area contributed by atoms with Gasteiger partial charge in [0.2, 0.25) is 0 Å². The monoisotopic (exact) mass is 263 g/mol. The zero-order valence-electron chi connectivity index (χ0n) is 10.0. The van der Waals surface area contributed by atoms with Crippen LogP contribution in [0.3, 0.4) is 0 Å². The average Bonchev–Trinajstić information content (AvgIpc) is 2.33. The summed E-state index contributed by atoms with van der Waals surface area (Å²) in [6.07, 6.45) is 0. The molecular weight excluding hydrogens is 249 g/mol. The van der Waals surface area contributed by atoms with Gasteiger partial charge in [-0.05, 0) is 31.2 Å². The quantitative estimate of drug-likeness (QED) is 0.865. The lowest BCUT2D eigenvalue weighted by atomic mass is 10.2. The van der Waals surface area contributed by atoms with Crippen LogP contribution in [0.1, 0.15) is 11.1 Å². The van der Waals surface area contributed by atoms with Gasteiger partial charge in [0.25, 0.3) is 0 Å². The zero-order chi connectivity index (χ0) is 13.1. The van der Waals surface area contributed by atoms with Crippen molar-refractivity contribution < 1.29 is 8.60 Å². The molecular formula is C14H14FNOS. The number of halogens is 1. The van der Waals surface area contributed by atoms with Gasteiger partial charge in [-0.15, -0.1) is 0 Å². The minimum Gasteiger partial charge on any atom is -0.399 e. The summed E-state index contributed by atoms with van der Waals surface area (Å²) in [6.45, 7) is 1.96. The van der Waals surface area contributed by atoms with Crippen molar-refractivity contribution >= 4 is 16.5 Å². The normalized spacial score (nSPS) is 12.3. The second kappa shape index (κ2) is 5.31. The molecule has 1 unspecified atom stereocenters. The second-order valence-electron chi connectivity index (χ2n) is 4.15. The first-order valence-corrected chi connectivity index (χ1v) is 6.87. The van der Waals surface area contributed by atoms with Gasteiger partial charge in [0.15, 0.2) is 0 Å². The van der Waals surface area contributed by atoms with Gasteiger partial charge in [-0.25, -0.2) is 4.39 Å². The highest BCUT2D eigenvalue weighted by Gasteiger charge is 2.09. The van der Waals surface area contributed by atoms with E-state index in [1.807, 2.05) is 19.1 Å². The summed E-state index contributed by atoms with van der Waals surface area (Å²) in [4.78, 5) is 0.705. The number of benzene rings is 2. The molecule has 2 aromatic carbocycles. The molecule has 94 valence electrons. The van der Waals surface area contributed by atoms with Crippen molar-refractivity contribution in [2.24, 2.45) is 0 Å². The maximum atomic E-state index is 13.6. The van der Waals surface area contributed by atoms with E-state index in [4.69, 9.17) is 5.73 Å². The zero-order valence-corrected chi connectivity index (χ0v) is 10.8. The first kappa shape index (κ1) is 12.8. The largest absolute Gasteiger partial charge is 0.399 e. The number of nitrogens with two attached hydrogens (primary N) is 1. The Morgan fingerprint density at radius 3 is 2.44 bits per heavy atom. The highest BCUT2D eigenvalue weighted by Crippen LogP contribution is 2.17. The molecule has 0 aromatic heterocycles. The summed E-state index contributed by atoms with van der Waals surface area (Å²) >= 11 is 0. The first-order valence-electron chi connectivity index (χ1n) is 5.55. The summed E-state index contributed by atoms with van der Waals surface area (Å²) in [5, 5.41) is 0. The Kier molecular flexibility index (Phi) is 3.77. The van der Waals surface area contributed by atoms with Crippen LogP contribution in [-0.4, -0.2) is 4.21 Å². The van der Waals surface area contributed by atoms with Crippen molar-refractivity contribution in [3.05, 3.63) is 59.4 Å². The molecule has 0 aliphatic carbocycles.